The molecule has 1 N–H and O–H groups in total. The molecule has 2 nitrogen and oxygen atoms in total. The minimum Gasteiger partial charge on any atom is -0.389 e. The molecule has 0 saturated heterocycles. The van der Waals surface area contributed by atoms with Crippen LogP contribution in [0.15, 0.2) is 0 Å². The molecule has 86 valence electrons. The number of rotatable bonds is 2. The molecule has 2 heteroatoms. The van der Waals surface area contributed by atoms with Gasteiger partial charge in [-0.25, -0.2) is 0 Å². The lowest BCUT2D eigenvalue weighted by Gasteiger charge is -2.62. The number of hydrogen-bond donors (Lipinski definition) is 1. The second-order valence-electron chi connectivity index (χ2n) is 6.08. The summed E-state index contributed by atoms with van der Waals surface area (Å²) < 4.78 is 5.78. The summed E-state index contributed by atoms with van der Waals surface area (Å²) in [7, 11) is 1.86. The lowest BCUT2D eigenvalue weighted by molar-refractivity contribution is -0.235. The summed E-state index contributed by atoms with van der Waals surface area (Å²) in [6.07, 6.45) is 6.85. The van der Waals surface area contributed by atoms with E-state index in [9.17, 15) is 5.11 Å². The van der Waals surface area contributed by atoms with Crippen LogP contribution in [0.4, 0.5) is 0 Å². The first-order chi connectivity index (χ1) is 7.12. The van der Waals surface area contributed by atoms with Crippen molar-refractivity contribution in [3.8, 4) is 0 Å². The minimum atomic E-state index is -0.362. The maximum atomic E-state index is 10.8. The van der Waals surface area contributed by atoms with Gasteiger partial charge in [-0.15, -0.1) is 0 Å². The zero-order valence-corrected chi connectivity index (χ0v) is 9.83. The molecule has 15 heavy (non-hydrogen) atoms. The lowest BCUT2D eigenvalue weighted by atomic mass is 9.47. The summed E-state index contributed by atoms with van der Waals surface area (Å²) in [5, 5.41) is 10.8. The van der Waals surface area contributed by atoms with E-state index in [1.165, 1.54) is 19.3 Å². The molecule has 0 aromatic carbocycles. The molecule has 0 radical (unpaired) electrons. The molecule has 0 spiro atoms. The smallest absolute Gasteiger partial charge is 0.0703 e. The van der Waals surface area contributed by atoms with E-state index in [0.29, 0.717) is 11.8 Å². The summed E-state index contributed by atoms with van der Waals surface area (Å²) in [4.78, 5) is 0. The second kappa shape index (κ2) is 2.98. The third-order valence-electron chi connectivity index (χ3n) is 5.55. The van der Waals surface area contributed by atoms with E-state index in [1.807, 2.05) is 7.11 Å². The van der Waals surface area contributed by atoms with Gasteiger partial charge in [-0.1, -0.05) is 6.92 Å². The first kappa shape index (κ1) is 10.1. The van der Waals surface area contributed by atoms with Gasteiger partial charge in [0, 0.05) is 7.11 Å². The highest BCUT2D eigenvalue weighted by Gasteiger charge is 2.61. The van der Waals surface area contributed by atoms with Crippen LogP contribution in [0.3, 0.4) is 0 Å². The van der Waals surface area contributed by atoms with Crippen molar-refractivity contribution in [2.75, 3.05) is 7.11 Å². The van der Waals surface area contributed by atoms with Crippen LogP contribution in [0.5, 0.6) is 0 Å². The average molecular weight is 210 g/mol. The topological polar surface area (TPSA) is 29.5 Å². The van der Waals surface area contributed by atoms with Gasteiger partial charge in [0.15, 0.2) is 0 Å². The molecule has 0 amide bonds. The van der Waals surface area contributed by atoms with Crippen molar-refractivity contribution in [3.05, 3.63) is 0 Å². The number of ether oxygens (including phenoxy) is 1. The third kappa shape index (κ3) is 1.18. The van der Waals surface area contributed by atoms with Gasteiger partial charge in [0.1, 0.15) is 0 Å². The standard InChI is InChI=1S/C13H22O2/c1-3-13(14)10-4-9-5-11(13)8-12(6-9,7-10)15-2/h9-11,14H,3-8H2,1-2H3. The fraction of sp³-hybridized carbons (Fsp3) is 1.00. The second-order valence-corrected chi connectivity index (χ2v) is 6.08. The van der Waals surface area contributed by atoms with Crippen molar-refractivity contribution in [1.82, 2.24) is 0 Å². The molecule has 4 rings (SSSR count). The van der Waals surface area contributed by atoms with Gasteiger partial charge in [0.25, 0.3) is 0 Å². The fourth-order valence-corrected chi connectivity index (χ4v) is 4.83. The highest BCUT2D eigenvalue weighted by molar-refractivity contribution is 5.12. The largest absolute Gasteiger partial charge is 0.389 e. The maximum Gasteiger partial charge on any atom is 0.0703 e. The van der Waals surface area contributed by atoms with Gasteiger partial charge in [-0.05, 0) is 56.3 Å². The van der Waals surface area contributed by atoms with Crippen molar-refractivity contribution >= 4 is 0 Å². The highest BCUT2D eigenvalue weighted by Crippen LogP contribution is 2.61. The van der Waals surface area contributed by atoms with E-state index in [0.717, 1.165) is 25.2 Å². The van der Waals surface area contributed by atoms with Crippen molar-refractivity contribution in [1.29, 1.82) is 0 Å². The van der Waals surface area contributed by atoms with Gasteiger partial charge < -0.3 is 9.84 Å². The van der Waals surface area contributed by atoms with E-state index in [4.69, 9.17) is 4.74 Å². The molecular formula is C13H22O2. The summed E-state index contributed by atoms with van der Waals surface area (Å²) in [5.41, 5.74) is -0.225. The number of hydrogen-bond acceptors (Lipinski definition) is 2. The van der Waals surface area contributed by atoms with Gasteiger partial charge in [-0.3, -0.25) is 0 Å². The molecule has 4 aliphatic carbocycles. The van der Waals surface area contributed by atoms with Gasteiger partial charge in [-0.2, -0.15) is 0 Å². The molecule has 2 unspecified atom stereocenters. The first-order valence-electron chi connectivity index (χ1n) is 6.39. The van der Waals surface area contributed by atoms with Crippen LogP contribution in [0, 0.1) is 17.8 Å². The van der Waals surface area contributed by atoms with E-state index < -0.39 is 0 Å². The van der Waals surface area contributed by atoms with Gasteiger partial charge in [0.05, 0.1) is 11.2 Å². The predicted molar refractivity (Wildman–Crippen MR) is 58.5 cm³/mol. The van der Waals surface area contributed by atoms with E-state index in [1.54, 1.807) is 0 Å². The summed E-state index contributed by atoms with van der Waals surface area (Å²) >= 11 is 0. The van der Waals surface area contributed by atoms with Crippen molar-refractivity contribution in [2.24, 2.45) is 17.8 Å². The normalized spacial score (nSPS) is 57.4. The van der Waals surface area contributed by atoms with Crippen LogP contribution in [-0.4, -0.2) is 23.4 Å². The fourth-order valence-electron chi connectivity index (χ4n) is 4.83. The van der Waals surface area contributed by atoms with Gasteiger partial charge in [0.2, 0.25) is 0 Å². The van der Waals surface area contributed by atoms with E-state index >= 15 is 0 Å². The third-order valence-corrected chi connectivity index (χ3v) is 5.55. The summed E-state index contributed by atoms with van der Waals surface area (Å²) in [5.74, 6) is 1.84. The molecule has 4 fully saturated rings. The molecule has 0 aliphatic heterocycles. The van der Waals surface area contributed by atoms with Crippen LogP contribution in [0.1, 0.15) is 45.4 Å². The predicted octanol–water partition coefficient (Wildman–Crippen LogP) is 2.35. The Labute approximate surface area is 92.0 Å². The molecule has 4 saturated carbocycles. The van der Waals surface area contributed by atoms with Gasteiger partial charge >= 0.3 is 0 Å². The minimum absolute atomic E-state index is 0.137. The Bertz CT molecular complexity index is 258. The lowest BCUT2D eigenvalue weighted by Crippen LogP contribution is -2.63. The maximum absolute atomic E-state index is 10.8. The van der Waals surface area contributed by atoms with Crippen molar-refractivity contribution in [2.45, 2.75) is 56.7 Å². The Morgan fingerprint density at radius 1 is 1.20 bits per heavy atom. The first-order valence-corrected chi connectivity index (χ1v) is 6.39. The van der Waals surface area contributed by atoms with Crippen molar-refractivity contribution in [3.63, 3.8) is 0 Å². The Morgan fingerprint density at radius 2 is 1.80 bits per heavy atom. The Hall–Kier alpha value is -0.0800. The SMILES string of the molecule is CCC1(O)C2CC3CC1CC(OC)(C3)C2. The number of methoxy groups -OCH3 is 1. The summed E-state index contributed by atoms with van der Waals surface area (Å²) in [6.45, 7) is 2.14. The van der Waals surface area contributed by atoms with E-state index in [-0.39, 0.29) is 11.2 Å². The molecule has 0 aromatic heterocycles. The van der Waals surface area contributed by atoms with Crippen LogP contribution in [0.2, 0.25) is 0 Å². The molecule has 2 atom stereocenters. The quantitative estimate of drug-likeness (QED) is 0.758. The monoisotopic (exact) mass is 210 g/mol. The Morgan fingerprint density at radius 3 is 2.27 bits per heavy atom. The Kier molecular flexibility index (Phi) is 2.01. The summed E-state index contributed by atoms with van der Waals surface area (Å²) in [6, 6.07) is 0. The van der Waals surface area contributed by atoms with Crippen LogP contribution < -0.4 is 0 Å². The molecular weight excluding hydrogens is 188 g/mol. The van der Waals surface area contributed by atoms with Crippen LogP contribution in [-0.2, 0) is 4.74 Å². The zero-order valence-electron chi connectivity index (χ0n) is 9.83. The Balaban J connectivity index is 1.94. The number of aliphatic hydroxyl groups is 1. The van der Waals surface area contributed by atoms with E-state index in [2.05, 4.69) is 6.92 Å². The molecule has 0 heterocycles. The molecule has 4 bridgehead atoms. The molecule has 0 aromatic rings. The zero-order chi connectivity index (χ0) is 10.7. The highest BCUT2D eigenvalue weighted by atomic mass is 16.5. The molecule has 4 aliphatic rings. The van der Waals surface area contributed by atoms with Crippen molar-refractivity contribution < 1.29 is 9.84 Å². The average Bonchev–Trinajstić information content (AvgIpc) is 2.25. The van der Waals surface area contributed by atoms with Crippen LogP contribution in [0.25, 0.3) is 0 Å². The van der Waals surface area contributed by atoms with Crippen LogP contribution >= 0.6 is 0 Å².